The summed E-state index contributed by atoms with van der Waals surface area (Å²) in [6.45, 7) is 6.34. The number of piperazine rings is 1. The average Bonchev–Trinajstić information content (AvgIpc) is 3.15. The zero-order valence-electron chi connectivity index (χ0n) is 14.6. The van der Waals surface area contributed by atoms with Gasteiger partial charge in [-0.2, -0.15) is 0 Å². The van der Waals surface area contributed by atoms with Crippen LogP contribution in [-0.2, 0) is 11.3 Å². The highest BCUT2D eigenvalue weighted by molar-refractivity contribution is 7.09. The Morgan fingerprint density at radius 2 is 2.04 bits per heavy atom. The van der Waals surface area contributed by atoms with E-state index in [1.165, 1.54) is 17.0 Å². The lowest BCUT2D eigenvalue weighted by atomic mass is 10.2. The SMILES string of the molecule is CC(C(=O)Nc1cccc([N+](=O)[O-])c1)N1CCN(Cc2cccs2)CC1. The topological polar surface area (TPSA) is 78.7 Å². The predicted octanol–water partition coefficient (Wildman–Crippen LogP) is 2.80. The van der Waals surface area contributed by atoms with Gasteiger partial charge >= 0.3 is 0 Å². The van der Waals surface area contributed by atoms with Crippen LogP contribution in [0.5, 0.6) is 0 Å². The number of thiophene rings is 1. The van der Waals surface area contributed by atoms with Gasteiger partial charge in [0.25, 0.3) is 5.69 Å². The van der Waals surface area contributed by atoms with Crippen LogP contribution in [0.25, 0.3) is 0 Å². The molecule has 1 amide bonds. The first-order valence-corrected chi connectivity index (χ1v) is 9.45. The van der Waals surface area contributed by atoms with Crippen LogP contribution in [0.4, 0.5) is 11.4 Å². The minimum atomic E-state index is -0.466. The van der Waals surface area contributed by atoms with Crippen molar-refractivity contribution in [1.29, 1.82) is 0 Å². The van der Waals surface area contributed by atoms with Crippen LogP contribution in [0.3, 0.4) is 0 Å². The highest BCUT2D eigenvalue weighted by atomic mass is 32.1. The summed E-state index contributed by atoms with van der Waals surface area (Å²) >= 11 is 1.77. The molecule has 1 atom stereocenters. The Morgan fingerprint density at radius 3 is 2.69 bits per heavy atom. The van der Waals surface area contributed by atoms with Gasteiger partial charge in [-0.25, -0.2) is 0 Å². The first-order chi connectivity index (χ1) is 12.5. The highest BCUT2D eigenvalue weighted by Crippen LogP contribution is 2.18. The van der Waals surface area contributed by atoms with E-state index >= 15 is 0 Å². The van der Waals surface area contributed by atoms with Gasteiger partial charge in [-0.15, -0.1) is 11.3 Å². The number of anilines is 1. The number of carbonyl (C=O) groups excluding carboxylic acids is 1. The minimum absolute atomic E-state index is 0.0300. The van der Waals surface area contributed by atoms with Gasteiger partial charge in [0.05, 0.1) is 11.0 Å². The van der Waals surface area contributed by atoms with E-state index in [9.17, 15) is 14.9 Å². The smallest absolute Gasteiger partial charge is 0.271 e. The van der Waals surface area contributed by atoms with E-state index < -0.39 is 4.92 Å². The fraction of sp³-hybridized carbons (Fsp3) is 0.389. The number of rotatable bonds is 6. The van der Waals surface area contributed by atoms with Crippen molar-refractivity contribution in [3.05, 3.63) is 56.8 Å². The van der Waals surface area contributed by atoms with E-state index in [2.05, 4.69) is 32.6 Å². The third kappa shape index (κ3) is 4.66. The summed E-state index contributed by atoms with van der Waals surface area (Å²) in [4.78, 5) is 28.8. The van der Waals surface area contributed by atoms with Crippen molar-refractivity contribution in [1.82, 2.24) is 9.80 Å². The number of nitrogens with one attached hydrogen (secondary N) is 1. The summed E-state index contributed by atoms with van der Waals surface area (Å²) in [7, 11) is 0. The van der Waals surface area contributed by atoms with Gasteiger partial charge in [-0.3, -0.25) is 24.7 Å². The summed E-state index contributed by atoms with van der Waals surface area (Å²) in [5, 5.41) is 15.7. The van der Waals surface area contributed by atoms with Crippen LogP contribution in [-0.4, -0.2) is 52.9 Å². The van der Waals surface area contributed by atoms with Crippen molar-refractivity contribution in [3.8, 4) is 0 Å². The van der Waals surface area contributed by atoms with E-state index in [1.54, 1.807) is 23.5 Å². The number of nitrogens with zero attached hydrogens (tertiary/aromatic N) is 3. The number of nitro benzene ring substituents is 1. The summed E-state index contributed by atoms with van der Waals surface area (Å²) in [6.07, 6.45) is 0. The highest BCUT2D eigenvalue weighted by Gasteiger charge is 2.26. The fourth-order valence-electron chi connectivity index (χ4n) is 3.04. The lowest BCUT2D eigenvalue weighted by molar-refractivity contribution is -0.384. The molecule has 3 rings (SSSR count). The second-order valence-corrected chi connectivity index (χ2v) is 7.40. The maximum Gasteiger partial charge on any atom is 0.271 e. The minimum Gasteiger partial charge on any atom is -0.324 e. The molecule has 138 valence electrons. The summed E-state index contributed by atoms with van der Waals surface area (Å²) in [5.74, 6) is -0.141. The second-order valence-electron chi connectivity index (χ2n) is 6.36. The molecule has 1 aromatic heterocycles. The van der Waals surface area contributed by atoms with Crippen LogP contribution in [0, 0.1) is 10.1 Å². The average molecular weight is 374 g/mol. The number of amides is 1. The Morgan fingerprint density at radius 1 is 1.27 bits per heavy atom. The molecule has 1 fully saturated rings. The lowest BCUT2D eigenvalue weighted by Crippen LogP contribution is -2.52. The van der Waals surface area contributed by atoms with Crippen LogP contribution < -0.4 is 5.32 Å². The van der Waals surface area contributed by atoms with Crippen molar-refractivity contribution in [2.75, 3.05) is 31.5 Å². The van der Waals surface area contributed by atoms with Gasteiger partial charge in [0, 0.05) is 55.4 Å². The van der Waals surface area contributed by atoms with Gasteiger partial charge in [0.1, 0.15) is 0 Å². The third-order valence-electron chi connectivity index (χ3n) is 4.62. The molecule has 0 saturated carbocycles. The number of carbonyl (C=O) groups is 1. The Hall–Kier alpha value is -2.29. The molecule has 0 aliphatic carbocycles. The van der Waals surface area contributed by atoms with Gasteiger partial charge in [0.15, 0.2) is 0 Å². The first-order valence-electron chi connectivity index (χ1n) is 8.57. The molecule has 0 spiro atoms. The number of hydrogen-bond donors (Lipinski definition) is 1. The van der Waals surface area contributed by atoms with Crippen LogP contribution in [0.15, 0.2) is 41.8 Å². The zero-order chi connectivity index (χ0) is 18.5. The molecular formula is C18H22N4O3S. The van der Waals surface area contributed by atoms with Gasteiger partial charge < -0.3 is 5.32 Å². The molecule has 8 heteroatoms. The maximum atomic E-state index is 12.5. The normalized spacial score (nSPS) is 17.0. The van der Waals surface area contributed by atoms with E-state index in [0.717, 1.165) is 32.7 Å². The standard InChI is InChI=1S/C18H22N4O3S/c1-14(18(23)19-15-4-2-5-16(12-15)22(24)25)21-9-7-20(8-10-21)13-17-6-3-11-26-17/h2-6,11-12,14H,7-10,13H2,1H3,(H,19,23). The van der Waals surface area contributed by atoms with E-state index in [1.807, 2.05) is 6.92 Å². The summed E-state index contributed by atoms with van der Waals surface area (Å²) in [6, 6.07) is 9.95. The van der Waals surface area contributed by atoms with Crippen LogP contribution in [0.2, 0.25) is 0 Å². The van der Waals surface area contributed by atoms with Crippen molar-refractivity contribution in [3.63, 3.8) is 0 Å². The molecule has 1 aliphatic heterocycles. The van der Waals surface area contributed by atoms with Crippen LogP contribution >= 0.6 is 11.3 Å². The second kappa shape index (κ2) is 8.39. The van der Waals surface area contributed by atoms with E-state index in [-0.39, 0.29) is 17.6 Å². The Kier molecular flexibility index (Phi) is 5.97. The molecule has 2 heterocycles. The molecular weight excluding hydrogens is 352 g/mol. The number of nitro groups is 1. The molecule has 1 aromatic carbocycles. The van der Waals surface area contributed by atoms with Crippen molar-refractivity contribution < 1.29 is 9.72 Å². The predicted molar refractivity (Wildman–Crippen MR) is 102 cm³/mol. The first kappa shape index (κ1) is 18.5. The molecule has 1 N–H and O–H groups in total. The van der Waals surface area contributed by atoms with Crippen molar-refractivity contribution in [2.45, 2.75) is 19.5 Å². The molecule has 2 aromatic rings. The largest absolute Gasteiger partial charge is 0.324 e. The van der Waals surface area contributed by atoms with Gasteiger partial charge in [-0.1, -0.05) is 12.1 Å². The number of hydrogen-bond acceptors (Lipinski definition) is 6. The third-order valence-corrected chi connectivity index (χ3v) is 5.48. The van der Waals surface area contributed by atoms with E-state index in [4.69, 9.17) is 0 Å². The Bertz CT molecular complexity index is 758. The molecule has 7 nitrogen and oxygen atoms in total. The molecule has 26 heavy (non-hydrogen) atoms. The van der Waals surface area contributed by atoms with Crippen LogP contribution in [0.1, 0.15) is 11.8 Å². The molecule has 0 radical (unpaired) electrons. The monoisotopic (exact) mass is 374 g/mol. The molecule has 1 aliphatic rings. The Balaban J connectivity index is 1.51. The Labute approximate surface area is 156 Å². The lowest BCUT2D eigenvalue weighted by Gasteiger charge is -2.37. The fourth-order valence-corrected chi connectivity index (χ4v) is 3.79. The summed E-state index contributed by atoms with van der Waals surface area (Å²) < 4.78 is 0. The number of benzene rings is 1. The van der Waals surface area contributed by atoms with Gasteiger partial charge in [0.2, 0.25) is 5.91 Å². The quantitative estimate of drug-likeness (QED) is 0.621. The van der Waals surface area contributed by atoms with Crippen molar-refractivity contribution in [2.24, 2.45) is 0 Å². The molecule has 1 unspecified atom stereocenters. The summed E-state index contributed by atoms with van der Waals surface area (Å²) in [5.41, 5.74) is 0.421. The molecule has 0 bridgehead atoms. The zero-order valence-corrected chi connectivity index (χ0v) is 15.4. The number of non-ortho nitro benzene ring substituents is 1. The van der Waals surface area contributed by atoms with E-state index in [0.29, 0.717) is 5.69 Å². The van der Waals surface area contributed by atoms with Crippen molar-refractivity contribution >= 4 is 28.6 Å². The maximum absolute atomic E-state index is 12.5. The molecule has 1 saturated heterocycles. The van der Waals surface area contributed by atoms with Gasteiger partial charge in [-0.05, 0) is 24.4 Å².